The molecule has 1 fully saturated rings. The van der Waals surface area contributed by atoms with Gasteiger partial charge in [0.15, 0.2) is 16.4 Å². The first-order valence-corrected chi connectivity index (χ1v) is 13.6. The number of likely N-dealkylation sites (tertiary alicyclic amines) is 1. The predicted octanol–water partition coefficient (Wildman–Crippen LogP) is 2.16. The maximum absolute atomic E-state index is 13.3. The van der Waals surface area contributed by atoms with Crippen molar-refractivity contribution in [3.05, 3.63) is 53.6 Å². The lowest BCUT2D eigenvalue weighted by Crippen LogP contribution is -2.39. The highest BCUT2D eigenvalue weighted by molar-refractivity contribution is 7.92. The van der Waals surface area contributed by atoms with Gasteiger partial charge in [0.05, 0.1) is 29.1 Å². The molecule has 2 aliphatic rings. The Labute approximate surface area is 218 Å². The van der Waals surface area contributed by atoms with Crippen molar-refractivity contribution in [1.82, 2.24) is 9.80 Å². The number of halogens is 3. The molecule has 2 aliphatic heterocycles. The summed E-state index contributed by atoms with van der Waals surface area (Å²) in [4.78, 5) is 28.6. The Balaban J connectivity index is 1.55. The Morgan fingerprint density at radius 1 is 1.26 bits per heavy atom. The number of hydrogen-bond donors (Lipinski definition) is 2. The van der Waals surface area contributed by atoms with Gasteiger partial charge in [-0.15, -0.1) is 0 Å². The van der Waals surface area contributed by atoms with Crippen LogP contribution in [-0.4, -0.2) is 86.5 Å². The van der Waals surface area contributed by atoms with E-state index in [1.54, 1.807) is 19.2 Å². The number of anilines is 1. The second-order valence-corrected chi connectivity index (χ2v) is 11.5. The normalized spacial score (nSPS) is 19.9. The van der Waals surface area contributed by atoms with Crippen molar-refractivity contribution < 1.29 is 41.0 Å². The van der Waals surface area contributed by atoms with Crippen LogP contribution in [0.5, 0.6) is 5.75 Å². The number of hydrogen-bond acceptors (Lipinski definition) is 7. The number of sulfone groups is 1. The third-order valence-electron chi connectivity index (χ3n) is 6.51. The number of benzene rings is 2. The van der Waals surface area contributed by atoms with Crippen molar-refractivity contribution in [3.63, 3.8) is 0 Å². The van der Waals surface area contributed by atoms with Crippen molar-refractivity contribution in [3.8, 4) is 5.75 Å². The second-order valence-electron chi connectivity index (χ2n) is 9.51. The molecule has 2 aromatic rings. The molecule has 2 N–H and O–H groups in total. The molecular formula is C25H28F3N3O6S. The fraction of sp³-hybridized carbons (Fsp3) is 0.440. The molecule has 0 spiro atoms. The second kappa shape index (κ2) is 10.9. The quantitative estimate of drug-likeness (QED) is 0.513. The summed E-state index contributed by atoms with van der Waals surface area (Å²) in [6, 6.07) is 9.87. The molecule has 0 unspecified atom stereocenters. The number of alkyl halides is 3. The van der Waals surface area contributed by atoms with Crippen LogP contribution >= 0.6 is 0 Å². The molecule has 0 aromatic heterocycles. The molecular weight excluding hydrogens is 527 g/mol. The smallest absolute Gasteiger partial charge is 0.422 e. The number of amides is 2. The number of ether oxygens (including phenoxy) is 1. The monoisotopic (exact) mass is 555 g/mol. The molecule has 206 valence electrons. The van der Waals surface area contributed by atoms with Crippen LogP contribution in [0.2, 0.25) is 0 Å². The molecule has 9 nitrogen and oxygen atoms in total. The number of likely N-dealkylation sites (N-methyl/N-ethyl adjacent to an activating group) is 1. The van der Waals surface area contributed by atoms with Gasteiger partial charge in [0.25, 0.3) is 0 Å². The largest absolute Gasteiger partial charge is 0.484 e. The topological polar surface area (TPSA) is 116 Å². The van der Waals surface area contributed by atoms with Gasteiger partial charge in [0.1, 0.15) is 11.5 Å². The van der Waals surface area contributed by atoms with E-state index in [4.69, 9.17) is 4.74 Å². The summed E-state index contributed by atoms with van der Waals surface area (Å²) in [6.07, 6.45) is -4.53. The van der Waals surface area contributed by atoms with Crippen LogP contribution in [0.1, 0.15) is 23.6 Å². The molecule has 2 heterocycles. The van der Waals surface area contributed by atoms with E-state index in [9.17, 15) is 36.3 Å². The van der Waals surface area contributed by atoms with E-state index in [2.05, 4.69) is 5.32 Å². The maximum atomic E-state index is 13.3. The lowest BCUT2D eigenvalue weighted by Gasteiger charge is -2.32. The zero-order chi connectivity index (χ0) is 27.7. The lowest BCUT2D eigenvalue weighted by atomic mass is 10.0. The fourth-order valence-corrected chi connectivity index (χ4v) is 5.91. The van der Waals surface area contributed by atoms with Gasteiger partial charge in [-0.3, -0.25) is 14.5 Å². The highest BCUT2D eigenvalue weighted by Gasteiger charge is 2.32. The zero-order valence-electron chi connectivity index (χ0n) is 20.6. The Bertz CT molecular complexity index is 1320. The van der Waals surface area contributed by atoms with Crippen LogP contribution in [0.3, 0.4) is 0 Å². The van der Waals surface area contributed by atoms with Crippen molar-refractivity contribution >= 4 is 27.3 Å². The fourth-order valence-electron chi connectivity index (χ4n) is 4.62. The predicted molar refractivity (Wildman–Crippen MR) is 131 cm³/mol. The standard InChI is InChI=1S/C25H28F3N3O6S/c1-30(24(34)10-16-5-6-22-20(9-16)29-23(33)14-38(22,35)36)21(13-31-8-7-18(32)12-31)17-3-2-4-19(11-17)37-15-25(26,27)28/h2-6,9,11,18,21,32H,7-8,10,12-15H2,1H3,(H,29,33)/t18-,21+/m0/s1. The Hall–Kier alpha value is -3.16. The van der Waals surface area contributed by atoms with Gasteiger partial charge < -0.3 is 20.1 Å². The molecule has 0 bridgehead atoms. The summed E-state index contributed by atoms with van der Waals surface area (Å²) in [6.45, 7) is -0.107. The minimum Gasteiger partial charge on any atom is -0.484 e. The number of carbonyl (C=O) groups excluding carboxylic acids is 2. The van der Waals surface area contributed by atoms with Gasteiger partial charge in [-0.2, -0.15) is 13.2 Å². The first kappa shape index (κ1) is 27.9. The lowest BCUT2D eigenvalue weighted by molar-refractivity contribution is -0.153. The number of nitrogens with one attached hydrogen (secondary N) is 1. The van der Waals surface area contributed by atoms with Crippen molar-refractivity contribution in [1.29, 1.82) is 0 Å². The van der Waals surface area contributed by atoms with E-state index >= 15 is 0 Å². The Kier molecular flexibility index (Phi) is 8.00. The van der Waals surface area contributed by atoms with Crippen LogP contribution in [0, 0.1) is 0 Å². The highest BCUT2D eigenvalue weighted by Crippen LogP contribution is 2.30. The number of aliphatic hydroxyl groups is 1. The van der Waals surface area contributed by atoms with Crippen LogP contribution in [0.25, 0.3) is 0 Å². The number of nitrogens with zero attached hydrogens (tertiary/aromatic N) is 2. The molecule has 13 heteroatoms. The van der Waals surface area contributed by atoms with Gasteiger partial charge in [-0.05, 0) is 41.8 Å². The van der Waals surface area contributed by atoms with E-state index in [-0.39, 0.29) is 28.7 Å². The van der Waals surface area contributed by atoms with Gasteiger partial charge in [-0.25, -0.2) is 8.42 Å². The van der Waals surface area contributed by atoms with Crippen molar-refractivity contribution in [2.24, 2.45) is 0 Å². The first-order chi connectivity index (χ1) is 17.8. The number of rotatable bonds is 8. The Morgan fingerprint density at radius 2 is 2.03 bits per heavy atom. The minimum absolute atomic E-state index is 0.0113. The summed E-state index contributed by atoms with van der Waals surface area (Å²) >= 11 is 0. The number of fused-ring (bicyclic) bond motifs is 1. The summed E-state index contributed by atoms with van der Waals surface area (Å²) < 4.78 is 67.4. The van der Waals surface area contributed by atoms with Gasteiger partial charge in [0, 0.05) is 26.7 Å². The van der Waals surface area contributed by atoms with E-state index in [0.29, 0.717) is 37.2 Å². The minimum atomic E-state index is -4.50. The van der Waals surface area contributed by atoms with Crippen molar-refractivity contribution in [2.75, 3.05) is 44.4 Å². The third kappa shape index (κ3) is 6.83. The van der Waals surface area contributed by atoms with E-state index in [1.807, 2.05) is 4.90 Å². The van der Waals surface area contributed by atoms with Crippen LogP contribution in [-0.2, 0) is 25.8 Å². The number of aliphatic hydroxyl groups excluding tert-OH is 1. The third-order valence-corrected chi connectivity index (χ3v) is 8.18. The van der Waals surface area contributed by atoms with E-state index < -0.39 is 46.4 Å². The molecule has 38 heavy (non-hydrogen) atoms. The van der Waals surface area contributed by atoms with Gasteiger partial charge in [0.2, 0.25) is 11.8 Å². The van der Waals surface area contributed by atoms with Crippen LogP contribution in [0.15, 0.2) is 47.4 Å². The molecule has 0 saturated carbocycles. The SMILES string of the molecule is CN(C(=O)Cc1ccc2c(c1)NC(=O)CS2(=O)=O)[C@H](CN1CC[C@H](O)C1)c1cccc(OCC(F)(F)F)c1. The average molecular weight is 556 g/mol. The van der Waals surface area contributed by atoms with Crippen molar-refractivity contribution in [2.45, 2.75) is 36.1 Å². The molecule has 2 atom stereocenters. The number of β-amino-alcohol motifs (C(OH)–C–C–N with tert-alkyl or cyclic N) is 1. The Morgan fingerprint density at radius 3 is 2.71 bits per heavy atom. The molecule has 0 radical (unpaired) electrons. The first-order valence-electron chi connectivity index (χ1n) is 11.9. The molecule has 2 aromatic carbocycles. The average Bonchev–Trinajstić information content (AvgIpc) is 3.24. The molecule has 0 aliphatic carbocycles. The molecule has 2 amide bonds. The van der Waals surface area contributed by atoms with Crippen LogP contribution in [0.4, 0.5) is 18.9 Å². The summed E-state index contributed by atoms with van der Waals surface area (Å²) in [5.74, 6) is -1.61. The zero-order valence-corrected chi connectivity index (χ0v) is 21.4. The van der Waals surface area contributed by atoms with Gasteiger partial charge in [-0.1, -0.05) is 18.2 Å². The highest BCUT2D eigenvalue weighted by atomic mass is 32.2. The summed E-state index contributed by atoms with van der Waals surface area (Å²) in [5.41, 5.74) is 1.16. The number of carbonyl (C=O) groups is 2. The summed E-state index contributed by atoms with van der Waals surface area (Å²) in [5, 5.41) is 12.5. The van der Waals surface area contributed by atoms with Crippen LogP contribution < -0.4 is 10.1 Å². The van der Waals surface area contributed by atoms with E-state index in [0.717, 1.165) is 0 Å². The van der Waals surface area contributed by atoms with E-state index in [1.165, 1.54) is 35.2 Å². The molecule has 1 saturated heterocycles. The summed E-state index contributed by atoms with van der Waals surface area (Å²) in [7, 11) is -2.18. The maximum Gasteiger partial charge on any atom is 0.422 e. The van der Waals surface area contributed by atoms with Gasteiger partial charge >= 0.3 is 6.18 Å². The molecule has 4 rings (SSSR count).